The Bertz CT molecular complexity index is 949. The van der Waals surface area contributed by atoms with Crippen LogP contribution in [-0.4, -0.2) is 38.9 Å². The Kier molecular flexibility index (Phi) is 6.40. The first-order chi connectivity index (χ1) is 13.9. The quantitative estimate of drug-likeness (QED) is 0.609. The number of sulfonamides is 1. The fourth-order valence-corrected chi connectivity index (χ4v) is 6.22. The van der Waals surface area contributed by atoms with Crippen LogP contribution in [0.1, 0.15) is 43.6 Å². The molecule has 0 bridgehead atoms. The van der Waals surface area contributed by atoms with Gasteiger partial charge in [0.1, 0.15) is 0 Å². The maximum atomic E-state index is 13.1. The molecule has 4 rings (SSSR count). The summed E-state index contributed by atoms with van der Waals surface area (Å²) in [5.74, 6) is 0.575. The third kappa shape index (κ3) is 4.58. The van der Waals surface area contributed by atoms with Gasteiger partial charge in [0, 0.05) is 31.2 Å². The number of hydrogen-bond donors (Lipinski definition) is 0. The van der Waals surface area contributed by atoms with Crippen molar-refractivity contribution < 1.29 is 8.42 Å². The van der Waals surface area contributed by atoms with E-state index in [-0.39, 0.29) is 0 Å². The molecule has 0 N–H and O–H groups in total. The van der Waals surface area contributed by atoms with Crippen LogP contribution in [0.4, 0.5) is 5.69 Å². The van der Waals surface area contributed by atoms with Crippen molar-refractivity contribution in [2.45, 2.75) is 42.9 Å². The highest BCUT2D eigenvalue weighted by Crippen LogP contribution is 2.34. The van der Waals surface area contributed by atoms with Crippen LogP contribution in [0.2, 0.25) is 10.0 Å². The fourth-order valence-electron chi connectivity index (χ4n) is 4.39. The van der Waals surface area contributed by atoms with Crippen molar-refractivity contribution in [2.75, 3.05) is 31.1 Å². The highest BCUT2D eigenvalue weighted by Gasteiger charge is 2.29. The topological polar surface area (TPSA) is 40.6 Å². The molecule has 2 aromatic carbocycles. The van der Waals surface area contributed by atoms with Crippen molar-refractivity contribution in [1.82, 2.24) is 4.31 Å². The lowest BCUT2D eigenvalue weighted by Gasteiger charge is -2.35. The summed E-state index contributed by atoms with van der Waals surface area (Å²) in [6.07, 6.45) is 6.27. The Hall–Kier alpha value is -1.27. The smallest absolute Gasteiger partial charge is 0.243 e. The first kappa shape index (κ1) is 21.0. The summed E-state index contributed by atoms with van der Waals surface area (Å²) in [6.45, 7) is 2.02. The third-order valence-electron chi connectivity index (χ3n) is 6.08. The van der Waals surface area contributed by atoms with Gasteiger partial charge in [-0.15, -0.1) is 0 Å². The predicted octanol–water partition coefficient (Wildman–Crippen LogP) is 5.55. The summed E-state index contributed by atoms with van der Waals surface area (Å²) in [5.41, 5.74) is 2.12. The van der Waals surface area contributed by atoms with Crippen molar-refractivity contribution in [2.24, 2.45) is 0 Å². The first-order valence-corrected chi connectivity index (χ1v) is 12.4. The van der Waals surface area contributed by atoms with Crippen molar-refractivity contribution >= 4 is 38.9 Å². The summed E-state index contributed by atoms with van der Waals surface area (Å²) < 4.78 is 27.8. The van der Waals surface area contributed by atoms with E-state index in [9.17, 15) is 8.42 Å². The van der Waals surface area contributed by atoms with E-state index in [4.69, 9.17) is 23.2 Å². The SMILES string of the molecule is O=S(=O)(c1ccc(C2CCCCC2)cc1)N1CCN(c2cc(Cl)ccc2Cl)CC1. The van der Waals surface area contributed by atoms with Gasteiger partial charge in [0.05, 0.1) is 15.6 Å². The van der Waals surface area contributed by atoms with Crippen LogP contribution in [0.25, 0.3) is 0 Å². The van der Waals surface area contributed by atoms with Crippen molar-refractivity contribution in [1.29, 1.82) is 0 Å². The molecule has 0 radical (unpaired) electrons. The minimum Gasteiger partial charge on any atom is -0.368 e. The largest absolute Gasteiger partial charge is 0.368 e. The van der Waals surface area contributed by atoms with Crippen LogP contribution >= 0.6 is 23.2 Å². The molecule has 7 heteroatoms. The lowest BCUT2D eigenvalue weighted by Crippen LogP contribution is -2.48. The summed E-state index contributed by atoms with van der Waals surface area (Å²) in [7, 11) is -3.49. The van der Waals surface area contributed by atoms with E-state index in [2.05, 4.69) is 4.90 Å². The van der Waals surface area contributed by atoms with Crippen LogP contribution in [0, 0.1) is 0 Å². The van der Waals surface area contributed by atoms with Gasteiger partial charge in [-0.3, -0.25) is 0 Å². The van der Waals surface area contributed by atoms with Crippen LogP contribution in [0.5, 0.6) is 0 Å². The van der Waals surface area contributed by atoms with Gasteiger partial charge < -0.3 is 4.90 Å². The molecule has 0 aromatic heterocycles. The van der Waals surface area contributed by atoms with E-state index >= 15 is 0 Å². The monoisotopic (exact) mass is 452 g/mol. The van der Waals surface area contributed by atoms with Crippen LogP contribution in [0.3, 0.4) is 0 Å². The number of halogens is 2. The van der Waals surface area contributed by atoms with Gasteiger partial charge in [-0.25, -0.2) is 8.42 Å². The number of hydrogen-bond acceptors (Lipinski definition) is 3. The second-order valence-corrected chi connectivity index (χ2v) is 10.7. The first-order valence-electron chi connectivity index (χ1n) is 10.3. The van der Waals surface area contributed by atoms with Gasteiger partial charge in [0.2, 0.25) is 10.0 Å². The maximum Gasteiger partial charge on any atom is 0.243 e. The van der Waals surface area contributed by atoms with Crippen LogP contribution < -0.4 is 4.90 Å². The summed E-state index contributed by atoms with van der Waals surface area (Å²) in [4.78, 5) is 2.47. The Balaban J connectivity index is 1.44. The van der Waals surface area contributed by atoms with Gasteiger partial charge in [-0.1, -0.05) is 54.6 Å². The maximum absolute atomic E-state index is 13.1. The Morgan fingerprint density at radius 3 is 2.14 bits per heavy atom. The average molecular weight is 453 g/mol. The number of anilines is 1. The van der Waals surface area contributed by atoms with E-state index in [0.29, 0.717) is 47.0 Å². The van der Waals surface area contributed by atoms with Gasteiger partial charge in [0.25, 0.3) is 0 Å². The van der Waals surface area contributed by atoms with Gasteiger partial charge in [0.15, 0.2) is 0 Å². The summed E-state index contributed by atoms with van der Waals surface area (Å²) >= 11 is 12.4. The molecule has 1 aliphatic heterocycles. The molecule has 29 heavy (non-hydrogen) atoms. The standard InChI is InChI=1S/C22H26Cl2N2O2S/c23-19-8-11-21(24)22(16-19)25-12-14-26(15-13-25)29(27,28)20-9-6-18(7-10-20)17-4-2-1-3-5-17/h6-11,16-17H,1-5,12-15H2. The molecule has 1 saturated carbocycles. The van der Waals surface area contributed by atoms with E-state index < -0.39 is 10.0 Å². The van der Waals surface area contributed by atoms with Crippen molar-refractivity contribution in [3.05, 3.63) is 58.1 Å². The number of nitrogens with zero attached hydrogens (tertiary/aromatic N) is 2. The molecule has 1 heterocycles. The highest BCUT2D eigenvalue weighted by atomic mass is 35.5. The minimum atomic E-state index is -3.49. The lowest BCUT2D eigenvalue weighted by molar-refractivity contribution is 0.385. The predicted molar refractivity (Wildman–Crippen MR) is 120 cm³/mol. The molecule has 0 amide bonds. The second-order valence-electron chi connectivity index (χ2n) is 7.89. The summed E-state index contributed by atoms with van der Waals surface area (Å²) in [6, 6.07) is 12.9. The Morgan fingerprint density at radius 1 is 0.828 bits per heavy atom. The lowest BCUT2D eigenvalue weighted by atomic mass is 9.84. The third-order valence-corrected chi connectivity index (χ3v) is 8.55. The molecule has 0 spiro atoms. The number of piperazine rings is 1. The Labute approximate surface area is 183 Å². The zero-order chi connectivity index (χ0) is 20.4. The normalized spacial score (nSPS) is 19.4. The molecule has 156 valence electrons. The van der Waals surface area contributed by atoms with Gasteiger partial charge in [-0.05, 0) is 54.7 Å². The molecular formula is C22H26Cl2N2O2S. The number of rotatable bonds is 4. The summed E-state index contributed by atoms with van der Waals surface area (Å²) in [5, 5.41) is 1.25. The van der Waals surface area contributed by atoms with E-state index in [1.54, 1.807) is 28.6 Å². The molecule has 2 fully saturated rings. The second kappa shape index (κ2) is 8.84. The average Bonchev–Trinajstić information content (AvgIpc) is 2.76. The molecule has 4 nitrogen and oxygen atoms in total. The highest BCUT2D eigenvalue weighted by molar-refractivity contribution is 7.89. The zero-order valence-electron chi connectivity index (χ0n) is 16.4. The zero-order valence-corrected chi connectivity index (χ0v) is 18.7. The molecular weight excluding hydrogens is 427 g/mol. The molecule has 2 aliphatic rings. The van der Waals surface area contributed by atoms with Crippen LogP contribution in [-0.2, 0) is 10.0 Å². The minimum absolute atomic E-state index is 0.381. The number of benzene rings is 2. The van der Waals surface area contributed by atoms with E-state index in [1.165, 1.54) is 37.7 Å². The van der Waals surface area contributed by atoms with E-state index in [0.717, 1.165) is 5.69 Å². The fraction of sp³-hybridized carbons (Fsp3) is 0.455. The molecule has 1 aliphatic carbocycles. The molecule has 2 aromatic rings. The molecule has 0 atom stereocenters. The molecule has 1 saturated heterocycles. The van der Waals surface area contributed by atoms with Crippen LogP contribution in [0.15, 0.2) is 47.4 Å². The van der Waals surface area contributed by atoms with Gasteiger partial charge >= 0.3 is 0 Å². The van der Waals surface area contributed by atoms with Crippen molar-refractivity contribution in [3.8, 4) is 0 Å². The van der Waals surface area contributed by atoms with E-state index in [1.807, 2.05) is 18.2 Å². The Morgan fingerprint density at radius 2 is 1.48 bits per heavy atom. The molecule has 0 unspecified atom stereocenters. The van der Waals surface area contributed by atoms with Gasteiger partial charge in [-0.2, -0.15) is 4.31 Å². The van der Waals surface area contributed by atoms with Crippen molar-refractivity contribution in [3.63, 3.8) is 0 Å².